The number of carbonyl (C=O) groups is 1. The maximum absolute atomic E-state index is 11.1. The zero-order valence-electron chi connectivity index (χ0n) is 12.7. The monoisotopic (exact) mass is 294 g/mol. The van der Waals surface area contributed by atoms with Gasteiger partial charge in [0, 0.05) is 5.69 Å². The molecule has 4 heteroatoms. The minimum atomic E-state index is -1.01. The number of pyridine rings is 2. The fourth-order valence-electron chi connectivity index (χ4n) is 3.96. The number of hydrogen-bond acceptors (Lipinski definition) is 3. The number of carboxylic acids is 1. The lowest BCUT2D eigenvalue weighted by Crippen LogP contribution is -2.48. The third-order valence-electron chi connectivity index (χ3n) is 5.53. The van der Waals surface area contributed by atoms with Crippen molar-refractivity contribution in [3.63, 3.8) is 0 Å². The van der Waals surface area contributed by atoms with Crippen LogP contribution in [0.4, 0.5) is 0 Å². The number of aromatic nitrogens is 2. The molecule has 4 nitrogen and oxygen atoms in total. The molecule has 2 bridgehead atoms. The molecule has 0 saturated heterocycles. The molecule has 1 N–H and O–H groups in total. The fourth-order valence-corrected chi connectivity index (χ4v) is 3.96. The molecule has 0 radical (unpaired) electrons. The molecule has 3 aliphatic carbocycles. The van der Waals surface area contributed by atoms with Crippen LogP contribution in [0.2, 0.25) is 0 Å². The third kappa shape index (κ3) is 1.79. The Hall–Kier alpha value is -2.23. The first-order valence-electron chi connectivity index (χ1n) is 7.67. The van der Waals surface area contributed by atoms with Crippen molar-refractivity contribution in [2.75, 3.05) is 0 Å². The van der Waals surface area contributed by atoms with Gasteiger partial charge in [-0.05, 0) is 53.9 Å². The molecular formula is C18H18N2O2. The van der Waals surface area contributed by atoms with Crippen LogP contribution in [0.1, 0.15) is 47.9 Å². The maximum Gasteiger partial charge on any atom is 0.354 e. The Morgan fingerprint density at radius 1 is 1.18 bits per heavy atom. The number of carboxylic acid groups (broad SMARTS) is 1. The Labute approximate surface area is 129 Å². The summed E-state index contributed by atoms with van der Waals surface area (Å²) in [4.78, 5) is 20.0. The Bertz CT molecular complexity index is 782. The number of hydrogen-bond donors (Lipinski definition) is 1. The highest BCUT2D eigenvalue weighted by atomic mass is 16.4. The van der Waals surface area contributed by atoms with E-state index in [9.17, 15) is 4.79 Å². The zero-order valence-corrected chi connectivity index (χ0v) is 12.7. The average molecular weight is 294 g/mol. The predicted molar refractivity (Wildman–Crippen MR) is 82.8 cm³/mol. The Morgan fingerprint density at radius 2 is 1.95 bits per heavy atom. The molecule has 0 aromatic carbocycles. The predicted octanol–water partition coefficient (Wildman–Crippen LogP) is 3.53. The first-order chi connectivity index (χ1) is 10.5. The van der Waals surface area contributed by atoms with Gasteiger partial charge in [-0.15, -0.1) is 0 Å². The summed E-state index contributed by atoms with van der Waals surface area (Å²) in [5.74, 6) is 0.315. The van der Waals surface area contributed by atoms with Gasteiger partial charge in [-0.1, -0.05) is 26.0 Å². The third-order valence-corrected chi connectivity index (χ3v) is 5.53. The molecule has 5 rings (SSSR count). The highest BCUT2D eigenvalue weighted by Gasteiger charge is 2.52. The molecular weight excluding hydrogens is 276 g/mol. The molecule has 0 amide bonds. The summed E-state index contributed by atoms with van der Waals surface area (Å²) in [5, 5.41) is 9.06. The van der Waals surface area contributed by atoms with Gasteiger partial charge < -0.3 is 5.11 Å². The van der Waals surface area contributed by atoms with Crippen LogP contribution in [0.3, 0.4) is 0 Å². The summed E-state index contributed by atoms with van der Waals surface area (Å²) in [5.41, 5.74) is 4.37. The van der Waals surface area contributed by atoms with Crippen LogP contribution in [0, 0.1) is 11.3 Å². The van der Waals surface area contributed by atoms with E-state index in [1.807, 2.05) is 12.1 Å². The second kappa shape index (κ2) is 4.38. The van der Waals surface area contributed by atoms with Crippen LogP contribution < -0.4 is 0 Å². The Balaban J connectivity index is 1.74. The molecule has 2 aromatic rings. The van der Waals surface area contributed by atoms with Crippen molar-refractivity contribution in [3.8, 4) is 11.4 Å². The largest absolute Gasteiger partial charge is 0.477 e. The van der Waals surface area contributed by atoms with Gasteiger partial charge in [-0.3, -0.25) is 4.98 Å². The molecule has 2 heterocycles. The molecule has 112 valence electrons. The van der Waals surface area contributed by atoms with E-state index in [0.717, 1.165) is 12.1 Å². The first-order valence-corrected chi connectivity index (χ1v) is 7.67. The number of rotatable bonds is 2. The van der Waals surface area contributed by atoms with Gasteiger partial charge in [0.1, 0.15) is 5.69 Å². The summed E-state index contributed by atoms with van der Waals surface area (Å²) < 4.78 is 0. The molecule has 22 heavy (non-hydrogen) atoms. The number of nitrogens with zero attached hydrogens (tertiary/aromatic N) is 2. The highest BCUT2D eigenvalue weighted by molar-refractivity contribution is 5.85. The van der Waals surface area contributed by atoms with E-state index in [1.165, 1.54) is 23.7 Å². The van der Waals surface area contributed by atoms with Gasteiger partial charge in [-0.2, -0.15) is 0 Å². The van der Waals surface area contributed by atoms with Crippen molar-refractivity contribution in [3.05, 3.63) is 47.3 Å². The summed E-state index contributed by atoms with van der Waals surface area (Å²) in [7, 11) is 0. The van der Waals surface area contributed by atoms with E-state index < -0.39 is 5.97 Å². The summed E-state index contributed by atoms with van der Waals surface area (Å²) in [6, 6.07) is 9.17. The summed E-state index contributed by atoms with van der Waals surface area (Å²) >= 11 is 0. The smallest absolute Gasteiger partial charge is 0.354 e. The molecule has 0 spiro atoms. The molecule has 1 fully saturated rings. The van der Waals surface area contributed by atoms with Crippen molar-refractivity contribution < 1.29 is 9.90 Å². The lowest BCUT2D eigenvalue weighted by Gasteiger charge is -2.56. The second-order valence-electron chi connectivity index (χ2n) is 6.96. The van der Waals surface area contributed by atoms with Gasteiger partial charge >= 0.3 is 5.97 Å². The fraction of sp³-hybridized carbons (Fsp3) is 0.389. The van der Waals surface area contributed by atoms with Gasteiger partial charge in [0.2, 0.25) is 0 Å². The lowest BCUT2D eigenvalue weighted by molar-refractivity contribution is 0.0170. The molecule has 0 aliphatic heterocycles. The van der Waals surface area contributed by atoms with E-state index in [2.05, 4.69) is 24.9 Å². The van der Waals surface area contributed by atoms with Crippen LogP contribution in [-0.4, -0.2) is 21.0 Å². The van der Waals surface area contributed by atoms with Crippen molar-refractivity contribution in [1.82, 2.24) is 9.97 Å². The van der Waals surface area contributed by atoms with Crippen molar-refractivity contribution in [1.29, 1.82) is 0 Å². The highest BCUT2D eigenvalue weighted by Crippen LogP contribution is 2.61. The van der Waals surface area contributed by atoms with Crippen LogP contribution >= 0.6 is 0 Å². The van der Waals surface area contributed by atoms with Gasteiger partial charge in [0.05, 0.1) is 11.4 Å². The maximum atomic E-state index is 11.1. The summed E-state index contributed by atoms with van der Waals surface area (Å²) in [6.07, 6.45) is 2.29. The van der Waals surface area contributed by atoms with Crippen LogP contribution in [0.5, 0.6) is 0 Å². The first kappa shape index (κ1) is 13.4. The van der Waals surface area contributed by atoms with Gasteiger partial charge in [-0.25, -0.2) is 9.78 Å². The van der Waals surface area contributed by atoms with Crippen LogP contribution in [0.25, 0.3) is 11.4 Å². The standard InChI is InChI=1S/C18H18N2O2/c1-18(2)10-8-12(18)11-6-7-14(20-16(11)9-10)13-4-3-5-15(19-13)17(21)22/h3-7,10,12H,8-9H2,1-2H3,(H,21,22)/t10-,12+/m1/s1. The zero-order chi connectivity index (χ0) is 15.5. The summed E-state index contributed by atoms with van der Waals surface area (Å²) in [6.45, 7) is 4.70. The molecule has 1 saturated carbocycles. The Morgan fingerprint density at radius 3 is 2.68 bits per heavy atom. The van der Waals surface area contributed by atoms with Crippen molar-refractivity contribution >= 4 is 5.97 Å². The normalized spacial score (nSPS) is 24.3. The number of aromatic carboxylic acids is 1. The van der Waals surface area contributed by atoms with Gasteiger partial charge in [0.25, 0.3) is 0 Å². The van der Waals surface area contributed by atoms with E-state index in [4.69, 9.17) is 10.1 Å². The van der Waals surface area contributed by atoms with E-state index in [1.54, 1.807) is 6.07 Å². The van der Waals surface area contributed by atoms with Crippen molar-refractivity contribution in [2.24, 2.45) is 11.3 Å². The van der Waals surface area contributed by atoms with Crippen molar-refractivity contribution in [2.45, 2.75) is 32.6 Å². The molecule has 2 aromatic heterocycles. The van der Waals surface area contributed by atoms with Crippen LogP contribution in [0.15, 0.2) is 30.3 Å². The minimum absolute atomic E-state index is 0.0565. The van der Waals surface area contributed by atoms with Crippen LogP contribution in [-0.2, 0) is 6.42 Å². The Kier molecular flexibility index (Phi) is 2.68. The topological polar surface area (TPSA) is 63.1 Å². The van der Waals surface area contributed by atoms with E-state index in [-0.39, 0.29) is 5.69 Å². The van der Waals surface area contributed by atoms with E-state index in [0.29, 0.717) is 22.9 Å². The minimum Gasteiger partial charge on any atom is -0.477 e. The second-order valence-corrected chi connectivity index (χ2v) is 6.96. The quantitative estimate of drug-likeness (QED) is 0.920. The average Bonchev–Trinajstić information content (AvgIpc) is 2.53. The molecule has 3 aliphatic rings. The lowest BCUT2D eigenvalue weighted by atomic mass is 9.48. The molecule has 2 atom stereocenters. The molecule has 0 unspecified atom stereocenters. The van der Waals surface area contributed by atoms with E-state index >= 15 is 0 Å². The van der Waals surface area contributed by atoms with Gasteiger partial charge in [0.15, 0.2) is 0 Å². The SMILES string of the molecule is CC1(C)[C@H]2Cc3nc(-c4cccc(C(=O)O)n4)ccc3[C@@H]1C2.